The summed E-state index contributed by atoms with van der Waals surface area (Å²) in [6.07, 6.45) is 2.83. The zero-order valence-electron chi connectivity index (χ0n) is 9.14. The molecule has 0 amide bonds. The van der Waals surface area contributed by atoms with Crippen LogP contribution < -0.4 is 5.32 Å². The summed E-state index contributed by atoms with van der Waals surface area (Å²) in [5.74, 6) is 0.626. The number of hydrogen-bond acceptors (Lipinski definition) is 5. The van der Waals surface area contributed by atoms with Crippen LogP contribution in [0, 0.1) is 17.0 Å². The molecule has 2 N–H and O–H groups in total. The molecule has 16 heavy (non-hydrogen) atoms. The Balaban J connectivity index is 2.56. The zero-order valence-corrected chi connectivity index (χ0v) is 9.14. The summed E-state index contributed by atoms with van der Waals surface area (Å²) in [7, 11) is 0. The number of aliphatic hydroxyl groups excluding tert-OH is 1. The molecule has 0 aliphatic rings. The first-order valence-electron chi connectivity index (χ1n) is 5.11. The van der Waals surface area contributed by atoms with Gasteiger partial charge in [0.05, 0.1) is 4.92 Å². The van der Waals surface area contributed by atoms with E-state index in [2.05, 4.69) is 10.3 Å². The van der Waals surface area contributed by atoms with Crippen molar-refractivity contribution in [1.82, 2.24) is 4.98 Å². The molecule has 1 aromatic rings. The molecule has 0 saturated heterocycles. The Hall–Kier alpha value is -1.69. The quantitative estimate of drug-likeness (QED) is 0.435. The van der Waals surface area contributed by atoms with Crippen molar-refractivity contribution < 1.29 is 10.0 Å². The van der Waals surface area contributed by atoms with E-state index < -0.39 is 4.92 Å². The molecular weight excluding hydrogens is 210 g/mol. The lowest BCUT2D eigenvalue weighted by atomic mass is 10.2. The Labute approximate surface area is 93.5 Å². The summed E-state index contributed by atoms with van der Waals surface area (Å²) >= 11 is 0. The van der Waals surface area contributed by atoms with Crippen LogP contribution in [0.15, 0.2) is 12.3 Å². The Morgan fingerprint density at radius 1 is 1.56 bits per heavy atom. The molecule has 88 valence electrons. The normalized spacial score (nSPS) is 10.1. The number of pyridine rings is 1. The molecule has 0 fully saturated rings. The van der Waals surface area contributed by atoms with Crippen LogP contribution in [0.3, 0.4) is 0 Å². The lowest BCUT2D eigenvalue weighted by molar-refractivity contribution is -0.385. The van der Waals surface area contributed by atoms with Gasteiger partial charge in [-0.25, -0.2) is 4.98 Å². The molecule has 0 atom stereocenters. The van der Waals surface area contributed by atoms with E-state index in [-0.39, 0.29) is 12.3 Å². The van der Waals surface area contributed by atoms with Gasteiger partial charge in [0.25, 0.3) is 5.69 Å². The molecular formula is C10H15N3O3. The summed E-state index contributed by atoms with van der Waals surface area (Å²) in [5, 5.41) is 22.2. The van der Waals surface area contributed by atoms with Crippen LogP contribution >= 0.6 is 0 Å². The predicted molar refractivity (Wildman–Crippen MR) is 60.4 cm³/mol. The topological polar surface area (TPSA) is 88.3 Å². The number of rotatable bonds is 6. The molecule has 0 bridgehead atoms. The SMILES string of the molecule is Cc1cc(NCCCCO)ncc1[N+](=O)[O-]. The highest BCUT2D eigenvalue weighted by molar-refractivity contribution is 5.46. The van der Waals surface area contributed by atoms with Crippen molar-refractivity contribution in [2.75, 3.05) is 18.5 Å². The van der Waals surface area contributed by atoms with Crippen LogP contribution in [0.25, 0.3) is 0 Å². The highest BCUT2D eigenvalue weighted by atomic mass is 16.6. The third kappa shape index (κ3) is 3.47. The van der Waals surface area contributed by atoms with Crippen LogP contribution in [0.2, 0.25) is 0 Å². The second-order valence-corrected chi connectivity index (χ2v) is 3.47. The molecule has 1 heterocycles. The van der Waals surface area contributed by atoms with Gasteiger partial charge in [-0.2, -0.15) is 0 Å². The maximum atomic E-state index is 10.5. The predicted octanol–water partition coefficient (Wildman–Crippen LogP) is 1.48. The van der Waals surface area contributed by atoms with Crippen LogP contribution in [-0.2, 0) is 0 Å². The van der Waals surface area contributed by atoms with Gasteiger partial charge in [0, 0.05) is 18.7 Å². The van der Waals surface area contributed by atoms with Crippen LogP contribution in [-0.4, -0.2) is 28.2 Å². The Bertz CT molecular complexity index is 368. The number of aromatic nitrogens is 1. The van der Waals surface area contributed by atoms with Crippen molar-refractivity contribution in [3.05, 3.63) is 27.9 Å². The molecule has 0 radical (unpaired) electrons. The van der Waals surface area contributed by atoms with Gasteiger partial charge < -0.3 is 10.4 Å². The molecule has 0 spiro atoms. The van der Waals surface area contributed by atoms with Crippen LogP contribution in [0.5, 0.6) is 0 Å². The summed E-state index contributed by atoms with van der Waals surface area (Å²) in [6, 6.07) is 1.65. The van der Waals surface area contributed by atoms with Gasteiger partial charge >= 0.3 is 0 Å². The van der Waals surface area contributed by atoms with E-state index in [1.54, 1.807) is 13.0 Å². The zero-order chi connectivity index (χ0) is 12.0. The van der Waals surface area contributed by atoms with Crippen molar-refractivity contribution in [2.24, 2.45) is 0 Å². The summed E-state index contributed by atoms with van der Waals surface area (Å²) in [5.41, 5.74) is 0.616. The number of aryl methyl sites for hydroxylation is 1. The lowest BCUT2D eigenvalue weighted by Gasteiger charge is -2.05. The van der Waals surface area contributed by atoms with E-state index in [4.69, 9.17) is 5.11 Å². The summed E-state index contributed by atoms with van der Waals surface area (Å²) < 4.78 is 0. The van der Waals surface area contributed by atoms with Gasteiger partial charge in [-0.15, -0.1) is 0 Å². The molecule has 0 unspecified atom stereocenters. The largest absolute Gasteiger partial charge is 0.396 e. The van der Waals surface area contributed by atoms with Crippen LogP contribution in [0.1, 0.15) is 18.4 Å². The number of unbranched alkanes of at least 4 members (excludes halogenated alkanes) is 1. The van der Waals surface area contributed by atoms with E-state index in [1.807, 2.05) is 0 Å². The third-order valence-corrected chi connectivity index (χ3v) is 2.17. The third-order valence-electron chi connectivity index (χ3n) is 2.17. The van der Waals surface area contributed by atoms with Gasteiger partial charge in [-0.3, -0.25) is 10.1 Å². The second-order valence-electron chi connectivity index (χ2n) is 3.47. The maximum absolute atomic E-state index is 10.5. The lowest BCUT2D eigenvalue weighted by Crippen LogP contribution is -2.05. The van der Waals surface area contributed by atoms with E-state index in [9.17, 15) is 10.1 Å². The molecule has 0 saturated carbocycles. The molecule has 0 aromatic carbocycles. The smallest absolute Gasteiger partial charge is 0.290 e. The Morgan fingerprint density at radius 2 is 2.31 bits per heavy atom. The molecule has 1 aromatic heterocycles. The van der Waals surface area contributed by atoms with Gasteiger partial charge in [0.2, 0.25) is 0 Å². The van der Waals surface area contributed by atoms with Gasteiger partial charge in [0.1, 0.15) is 12.0 Å². The number of aliphatic hydroxyl groups is 1. The molecule has 0 aliphatic heterocycles. The van der Waals surface area contributed by atoms with Gasteiger partial charge in [-0.05, 0) is 25.8 Å². The number of nitro groups is 1. The second kappa shape index (κ2) is 6.02. The minimum absolute atomic E-state index is 0.0286. The van der Waals surface area contributed by atoms with Crippen molar-refractivity contribution in [3.8, 4) is 0 Å². The van der Waals surface area contributed by atoms with Crippen molar-refractivity contribution in [3.63, 3.8) is 0 Å². The molecule has 0 aliphatic carbocycles. The number of nitrogens with one attached hydrogen (secondary N) is 1. The average molecular weight is 225 g/mol. The van der Waals surface area contributed by atoms with E-state index in [0.717, 1.165) is 12.8 Å². The fraction of sp³-hybridized carbons (Fsp3) is 0.500. The van der Waals surface area contributed by atoms with Crippen LogP contribution in [0.4, 0.5) is 11.5 Å². The number of anilines is 1. The first kappa shape index (κ1) is 12.4. The average Bonchev–Trinajstić information content (AvgIpc) is 2.24. The van der Waals surface area contributed by atoms with Gasteiger partial charge in [0.15, 0.2) is 0 Å². The van der Waals surface area contributed by atoms with Crippen molar-refractivity contribution in [1.29, 1.82) is 0 Å². The molecule has 6 nitrogen and oxygen atoms in total. The monoisotopic (exact) mass is 225 g/mol. The summed E-state index contributed by atoms with van der Waals surface area (Å²) in [4.78, 5) is 14.0. The molecule has 1 rings (SSSR count). The fourth-order valence-electron chi connectivity index (χ4n) is 1.29. The van der Waals surface area contributed by atoms with Gasteiger partial charge in [-0.1, -0.05) is 0 Å². The molecule has 6 heteroatoms. The minimum Gasteiger partial charge on any atom is -0.396 e. The van der Waals surface area contributed by atoms with Crippen molar-refractivity contribution >= 4 is 11.5 Å². The van der Waals surface area contributed by atoms with Crippen molar-refractivity contribution in [2.45, 2.75) is 19.8 Å². The maximum Gasteiger partial charge on any atom is 0.290 e. The highest BCUT2D eigenvalue weighted by Gasteiger charge is 2.10. The van der Waals surface area contributed by atoms with E-state index >= 15 is 0 Å². The minimum atomic E-state index is -0.447. The Kier molecular flexibility index (Phi) is 4.65. The summed E-state index contributed by atoms with van der Waals surface area (Å²) in [6.45, 7) is 2.55. The number of nitrogens with zero attached hydrogens (tertiary/aromatic N) is 2. The fourth-order valence-corrected chi connectivity index (χ4v) is 1.29. The van der Waals surface area contributed by atoms with E-state index in [1.165, 1.54) is 6.20 Å². The first-order valence-corrected chi connectivity index (χ1v) is 5.11. The number of hydrogen-bond donors (Lipinski definition) is 2. The highest BCUT2D eigenvalue weighted by Crippen LogP contribution is 2.18. The standard InChI is InChI=1S/C10H15N3O3/c1-8-6-10(11-4-2-3-5-14)12-7-9(8)13(15)16/h6-7,14H,2-5H2,1H3,(H,11,12). The Morgan fingerprint density at radius 3 is 2.88 bits per heavy atom. The first-order chi connectivity index (χ1) is 7.65. The van der Waals surface area contributed by atoms with E-state index in [0.29, 0.717) is 17.9 Å².